The van der Waals surface area contributed by atoms with Gasteiger partial charge in [0.1, 0.15) is 5.75 Å². The van der Waals surface area contributed by atoms with Gasteiger partial charge >= 0.3 is 0 Å². The zero-order chi connectivity index (χ0) is 18.0. The molecule has 0 spiro atoms. The standard InChI is InChI=1S/C17H22N2O4S2/c1-3-4-16(20)18-17-19(9-12-5-7-13(23-2)8-6-12)14-10-25(21,22)11-15(14)24-17/h5-8,14-15H,3-4,9-11H2,1-2H3. The maximum atomic E-state index is 12.0. The first-order chi connectivity index (χ1) is 11.9. The van der Waals surface area contributed by atoms with Crippen LogP contribution in [0.5, 0.6) is 5.75 Å². The van der Waals surface area contributed by atoms with E-state index in [1.807, 2.05) is 36.1 Å². The molecule has 136 valence electrons. The third-order valence-corrected chi connectivity index (χ3v) is 7.62. The third-order valence-electron chi connectivity index (χ3n) is 4.37. The van der Waals surface area contributed by atoms with E-state index >= 15 is 0 Å². The van der Waals surface area contributed by atoms with Crippen LogP contribution in [0.4, 0.5) is 0 Å². The van der Waals surface area contributed by atoms with Crippen molar-refractivity contribution in [3.05, 3.63) is 29.8 Å². The van der Waals surface area contributed by atoms with E-state index in [2.05, 4.69) is 4.99 Å². The van der Waals surface area contributed by atoms with Gasteiger partial charge < -0.3 is 9.64 Å². The molecule has 25 heavy (non-hydrogen) atoms. The molecule has 0 saturated carbocycles. The van der Waals surface area contributed by atoms with Crippen molar-refractivity contribution in [1.82, 2.24) is 4.90 Å². The van der Waals surface area contributed by atoms with E-state index in [1.54, 1.807) is 7.11 Å². The average Bonchev–Trinajstić information content (AvgIpc) is 3.01. The summed E-state index contributed by atoms with van der Waals surface area (Å²) in [6.45, 7) is 2.47. The zero-order valence-electron chi connectivity index (χ0n) is 14.3. The second kappa shape index (κ2) is 7.37. The van der Waals surface area contributed by atoms with Crippen molar-refractivity contribution in [2.45, 2.75) is 37.6 Å². The van der Waals surface area contributed by atoms with Crippen molar-refractivity contribution in [2.75, 3.05) is 18.6 Å². The molecule has 0 bridgehead atoms. The Bertz CT molecular complexity index is 774. The molecule has 2 fully saturated rings. The molecule has 2 saturated heterocycles. The minimum absolute atomic E-state index is 0.0450. The first kappa shape index (κ1) is 18.3. The van der Waals surface area contributed by atoms with Gasteiger partial charge in [0.25, 0.3) is 0 Å². The number of hydrogen-bond acceptors (Lipinski definition) is 5. The quantitative estimate of drug-likeness (QED) is 0.776. The van der Waals surface area contributed by atoms with Crippen molar-refractivity contribution >= 4 is 32.7 Å². The number of aliphatic imine (C=N–C) groups is 1. The summed E-state index contributed by atoms with van der Waals surface area (Å²) in [5.41, 5.74) is 1.03. The lowest BCUT2D eigenvalue weighted by Gasteiger charge is -2.24. The number of benzene rings is 1. The number of amidine groups is 1. The molecule has 1 aromatic carbocycles. The Balaban J connectivity index is 1.84. The van der Waals surface area contributed by atoms with Crippen LogP contribution in [0.3, 0.4) is 0 Å². The Morgan fingerprint density at radius 1 is 1.32 bits per heavy atom. The summed E-state index contributed by atoms with van der Waals surface area (Å²) in [5.74, 6) is 0.907. The Morgan fingerprint density at radius 2 is 2.04 bits per heavy atom. The molecule has 2 aliphatic heterocycles. The summed E-state index contributed by atoms with van der Waals surface area (Å²) in [6.07, 6.45) is 1.16. The van der Waals surface area contributed by atoms with Crippen molar-refractivity contribution in [3.8, 4) is 5.75 Å². The number of nitrogens with zero attached hydrogens (tertiary/aromatic N) is 2. The summed E-state index contributed by atoms with van der Waals surface area (Å²) in [6, 6.07) is 7.53. The summed E-state index contributed by atoms with van der Waals surface area (Å²) < 4.78 is 29.2. The van der Waals surface area contributed by atoms with Crippen LogP contribution in [0.1, 0.15) is 25.3 Å². The van der Waals surface area contributed by atoms with E-state index in [1.165, 1.54) is 11.8 Å². The number of amides is 1. The van der Waals surface area contributed by atoms with E-state index in [9.17, 15) is 13.2 Å². The summed E-state index contributed by atoms with van der Waals surface area (Å²) >= 11 is 1.42. The molecule has 0 aliphatic carbocycles. The first-order valence-corrected chi connectivity index (χ1v) is 11.0. The Morgan fingerprint density at radius 3 is 2.68 bits per heavy atom. The van der Waals surface area contributed by atoms with E-state index in [0.29, 0.717) is 18.1 Å². The van der Waals surface area contributed by atoms with Gasteiger partial charge in [0, 0.05) is 18.2 Å². The first-order valence-electron chi connectivity index (χ1n) is 8.30. The number of methoxy groups -OCH3 is 1. The second-order valence-corrected chi connectivity index (χ2v) is 9.67. The zero-order valence-corrected chi connectivity index (χ0v) is 16.0. The molecule has 6 nitrogen and oxygen atoms in total. The lowest BCUT2D eigenvalue weighted by molar-refractivity contribution is -0.117. The fraction of sp³-hybridized carbons (Fsp3) is 0.529. The predicted octanol–water partition coefficient (Wildman–Crippen LogP) is 2.09. The van der Waals surface area contributed by atoms with Gasteiger partial charge in [-0.25, -0.2) is 8.42 Å². The monoisotopic (exact) mass is 382 g/mol. The topological polar surface area (TPSA) is 76.0 Å². The van der Waals surface area contributed by atoms with E-state index in [-0.39, 0.29) is 28.7 Å². The summed E-state index contributed by atoms with van der Waals surface area (Å²) in [4.78, 5) is 18.2. The molecule has 1 aromatic rings. The third kappa shape index (κ3) is 4.17. The predicted molar refractivity (Wildman–Crippen MR) is 99.7 cm³/mol. The Labute approximate surface area is 152 Å². The van der Waals surface area contributed by atoms with Gasteiger partial charge in [0.15, 0.2) is 15.0 Å². The largest absolute Gasteiger partial charge is 0.497 e. The number of sulfone groups is 1. The van der Waals surface area contributed by atoms with Gasteiger partial charge in [-0.15, -0.1) is 0 Å². The molecular formula is C17H22N2O4S2. The fourth-order valence-corrected chi connectivity index (χ4v) is 7.09. The molecule has 2 atom stereocenters. The molecular weight excluding hydrogens is 360 g/mol. The van der Waals surface area contributed by atoms with Gasteiger partial charge in [-0.3, -0.25) is 4.79 Å². The number of rotatable bonds is 5. The number of fused-ring (bicyclic) bond motifs is 1. The highest BCUT2D eigenvalue weighted by Gasteiger charge is 2.48. The van der Waals surface area contributed by atoms with Crippen LogP contribution in [-0.2, 0) is 21.2 Å². The van der Waals surface area contributed by atoms with Gasteiger partial charge in [-0.05, 0) is 24.1 Å². The van der Waals surface area contributed by atoms with E-state index < -0.39 is 9.84 Å². The van der Waals surface area contributed by atoms with Gasteiger partial charge in [-0.2, -0.15) is 4.99 Å². The molecule has 2 heterocycles. The Hall–Kier alpha value is -1.54. The Kier molecular flexibility index (Phi) is 5.38. The number of hydrogen-bond donors (Lipinski definition) is 0. The minimum Gasteiger partial charge on any atom is -0.497 e. The lowest BCUT2D eigenvalue weighted by atomic mass is 10.1. The van der Waals surface area contributed by atoms with E-state index in [4.69, 9.17) is 4.74 Å². The van der Waals surface area contributed by atoms with Crippen LogP contribution in [0.2, 0.25) is 0 Å². The van der Waals surface area contributed by atoms with E-state index in [0.717, 1.165) is 17.7 Å². The molecule has 2 aliphatic rings. The van der Waals surface area contributed by atoms with Crippen molar-refractivity contribution < 1.29 is 17.9 Å². The molecule has 2 unspecified atom stereocenters. The highest BCUT2D eigenvalue weighted by Crippen LogP contribution is 2.39. The SMILES string of the molecule is CCCC(=O)N=C1SC2CS(=O)(=O)CC2N1Cc1ccc(OC)cc1. The molecule has 8 heteroatoms. The molecule has 0 radical (unpaired) electrons. The lowest BCUT2D eigenvalue weighted by Crippen LogP contribution is -2.37. The number of carbonyl (C=O) groups is 1. The van der Waals surface area contributed by atoms with Crippen LogP contribution in [0.15, 0.2) is 29.3 Å². The maximum absolute atomic E-state index is 12.0. The van der Waals surface area contributed by atoms with Gasteiger partial charge in [0.2, 0.25) is 5.91 Å². The average molecular weight is 383 g/mol. The highest BCUT2D eigenvalue weighted by molar-refractivity contribution is 8.15. The molecule has 0 aromatic heterocycles. The van der Waals surface area contributed by atoms with Crippen LogP contribution >= 0.6 is 11.8 Å². The normalized spacial score (nSPS) is 26.0. The van der Waals surface area contributed by atoms with Crippen LogP contribution < -0.4 is 4.74 Å². The number of ether oxygens (including phenoxy) is 1. The molecule has 1 amide bonds. The summed E-state index contributed by atoms with van der Waals surface area (Å²) in [7, 11) is -1.41. The van der Waals surface area contributed by atoms with Crippen molar-refractivity contribution in [2.24, 2.45) is 4.99 Å². The van der Waals surface area contributed by atoms with Gasteiger partial charge in [-0.1, -0.05) is 30.8 Å². The second-order valence-electron chi connectivity index (χ2n) is 6.31. The maximum Gasteiger partial charge on any atom is 0.248 e. The van der Waals surface area contributed by atoms with Crippen molar-refractivity contribution in [3.63, 3.8) is 0 Å². The molecule has 3 rings (SSSR count). The van der Waals surface area contributed by atoms with Crippen LogP contribution in [-0.4, -0.2) is 54.3 Å². The van der Waals surface area contributed by atoms with Gasteiger partial charge in [0.05, 0.1) is 24.7 Å². The van der Waals surface area contributed by atoms with Crippen LogP contribution in [0.25, 0.3) is 0 Å². The van der Waals surface area contributed by atoms with Crippen molar-refractivity contribution in [1.29, 1.82) is 0 Å². The number of thioether (sulfide) groups is 1. The summed E-state index contributed by atoms with van der Waals surface area (Å²) in [5, 5.41) is 0.607. The minimum atomic E-state index is -3.03. The van der Waals surface area contributed by atoms with Crippen LogP contribution in [0, 0.1) is 0 Å². The number of carbonyl (C=O) groups excluding carboxylic acids is 1. The smallest absolute Gasteiger partial charge is 0.248 e. The fourth-order valence-electron chi connectivity index (χ4n) is 3.12. The molecule has 0 N–H and O–H groups in total. The highest BCUT2D eigenvalue weighted by atomic mass is 32.2.